The van der Waals surface area contributed by atoms with Crippen molar-refractivity contribution in [2.24, 2.45) is 5.73 Å². The second-order valence-corrected chi connectivity index (χ2v) is 4.82. The number of ether oxygens (including phenoxy) is 2. The quantitative estimate of drug-likeness (QED) is 0.929. The first kappa shape index (κ1) is 11.7. The van der Waals surface area contributed by atoms with Crippen LogP contribution in [0, 0.1) is 0 Å². The van der Waals surface area contributed by atoms with E-state index in [1.54, 1.807) is 0 Å². The van der Waals surface area contributed by atoms with Crippen LogP contribution in [0.2, 0.25) is 0 Å². The molecule has 0 spiro atoms. The van der Waals surface area contributed by atoms with Crippen molar-refractivity contribution in [3.05, 3.63) is 22.2 Å². The van der Waals surface area contributed by atoms with Crippen molar-refractivity contribution < 1.29 is 9.47 Å². The Hall–Kier alpha value is -0.740. The number of rotatable bonds is 3. The Morgan fingerprint density at radius 3 is 2.88 bits per heavy atom. The molecule has 1 aromatic rings. The number of fused-ring (bicyclic) bond motifs is 1. The van der Waals surface area contributed by atoms with Crippen LogP contribution in [0.5, 0.6) is 11.5 Å². The van der Waals surface area contributed by atoms with Gasteiger partial charge in [0.2, 0.25) is 0 Å². The van der Waals surface area contributed by atoms with Gasteiger partial charge in [0.15, 0.2) is 11.5 Å². The highest BCUT2D eigenvalue weighted by Gasteiger charge is 2.21. The van der Waals surface area contributed by atoms with Crippen LogP contribution in [0.25, 0.3) is 0 Å². The maximum absolute atomic E-state index is 5.71. The minimum absolute atomic E-state index is 0.371. The van der Waals surface area contributed by atoms with Gasteiger partial charge in [0.1, 0.15) is 13.2 Å². The number of halogens is 1. The van der Waals surface area contributed by atoms with Crippen LogP contribution in [0.15, 0.2) is 16.6 Å². The van der Waals surface area contributed by atoms with E-state index in [2.05, 4.69) is 22.9 Å². The van der Waals surface area contributed by atoms with E-state index < -0.39 is 0 Å². The van der Waals surface area contributed by atoms with Gasteiger partial charge in [0.05, 0.1) is 0 Å². The smallest absolute Gasteiger partial charge is 0.165 e. The molecule has 0 saturated heterocycles. The fraction of sp³-hybridized carbons (Fsp3) is 0.500. The molecule has 1 aromatic carbocycles. The first-order valence-electron chi connectivity index (χ1n) is 5.52. The maximum atomic E-state index is 5.71. The largest absolute Gasteiger partial charge is 0.486 e. The SMILES string of the molecule is CC(CCN)c1c(Br)ccc2c1OCCO2. The van der Waals surface area contributed by atoms with E-state index in [0.29, 0.717) is 25.7 Å². The molecule has 0 aliphatic carbocycles. The predicted octanol–water partition coefficient (Wildman–Crippen LogP) is 2.67. The Bertz CT molecular complexity index is 382. The summed E-state index contributed by atoms with van der Waals surface area (Å²) in [5, 5.41) is 0. The van der Waals surface area contributed by atoms with Crippen molar-refractivity contribution in [1.29, 1.82) is 0 Å². The molecular weight excluding hydrogens is 270 g/mol. The van der Waals surface area contributed by atoms with Crippen LogP contribution >= 0.6 is 15.9 Å². The normalized spacial score (nSPS) is 15.9. The summed E-state index contributed by atoms with van der Waals surface area (Å²) < 4.78 is 12.3. The van der Waals surface area contributed by atoms with Gasteiger partial charge in [-0.1, -0.05) is 22.9 Å². The highest BCUT2D eigenvalue weighted by Crippen LogP contribution is 2.42. The van der Waals surface area contributed by atoms with Crippen molar-refractivity contribution in [1.82, 2.24) is 0 Å². The highest BCUT2D eigenvalue weighted by atomic mass is 79.9. The third kappa shape index (κ3) is 2.18. The van der Waals surface area contributed by atoms with Crippen molar-refractivity contribution >= 4 is 15.9 Å². The van der Waals surface area contributed by atoms with E-state index in [4.69, 9.17) is 15.2 Å². The first-order chi connectivity index (χ1) is 7.74. The summed E-state index contributed by atoms with van der Waals surface area (Å²) in [4.78, 5) is 0. The molecule has 1 aliphatic heterocycles. The molecule has 0 bridgehead atoms. The molecule has 1 aliphatic rings. The second kappa shape index (κ2) is 5.06. The van der Waals surface area contributed by atoms with Gasteiger partial charge in [0, 0.05) is 10.0 Å². The first-order valence-corrected chi connectivity index (χ1v) is 6.31. The van der Waals surface area contributed by atoms with Crippen LogP contribution in [0.3, 0.4) is 0 Å². The number of benzene rings is 1. The average molecular weight is 286 g/mol. The van der Waals surface area contributed by atoms with E-state index in [-0.39, 0.29) is 0 Å². The third-order valence-electron chi connectivity index (χ3n) is 2.79. The highest BCUT2D eigenvalue weighted by molar-refractivity contribution is 9.10. The molecule has 0 aromatic heterocycles. The van der Waals surface area contributed by atoms with Gasteiger partial charge in [-0.3, -0.25) is 0 Å². The molecule has 16 heavy (non-hydrogen) atoms. The number of hydrogen-bond donors (Lipinski definition) is 1. The van der Waals surface area contributed by atoms with E-state index in [1.807, 2.05) is 12.1 Å². The fourth-order valence-corrected chi connectivity index (χ4v) is 2.67. The Balaban J connectivity index is 2.41. The summed E-state index contributed by atoms with van der Waals surface area (Å²) in [6.45, 7) is 4.08. The molecule has 4 heteroatoms. The topological polar surface area (TPSA) is 44.5 Å². The minimum Gasteiger partial charge on any atom is -0.486 e. The molecule has 1 heterocycles. The van der Waals surface area contributed by atoms with Crippen LogP contribution < -0.4 is 15.2 Å². The number of nitrogens with two attached hydrogens (primary N) is 1. The molecular formula is C12H16BrNO2. The molecule has 88 valence electrons. The monoisotopic (exact) mass is 285 g/mol. The predicted molar refractivity (Wildman–Crippen MR) is 67.2 cm³/mol. The van der Waals surface area contributed by atoms with E-state index in [0.717, 1.165) is 22.4 Å². The lowest BCUT2D eigenvalue weighted by molar-refractivity contribution is 0.169. The van der Waals surface area contributed by atoms with E-state index in [1.165, 1.54) is 5.56 Å². The zero-order chi connectivity index (χ0) is 11.5. The van der Waals surface area contributed by atoms with Crippen molar-refractivity contribution in [2.45, 2.75) is 19.3 Å². The van der Waals surface area contributed by atoms with E-state index in [9.17, 15) is 0 Å². The van der Waals surface area contributed by atoms with Gasteiger partial charge in [-0.05, 0) is 31.0 Å². The molecule has 2 rings (SSSR count). The van der Waals surface area contributed by atoms with Crippen LogP contribution in [0.4, 0.5) is 0 Å². The standard InChI is InChI=1S/C12H16BrNO2/c1-8(4-5-14)11-9(13)2-3-10-12(11)16-7-6-15-10/h2-3,8H,4-7,14H2,1H3. The summed E-state index contributed by atoms with van der Waals surface area (Å²) in [6, 6.07) is 3.95. The van der Waals surface area contributed by atoms with Gasteiger partial charge in [-0.25, -0.2) is 0 Å². The molecule has 0 saturated carbocycles. The van der Waals surface area contributed by atoms with Gasteiger partial charge >= 0.3 is 0 Å². The molecule has 1 unspecified atom stereocenters. The van der Waals surface area contributed by atoms with Crippen molar-refractivity contribution in [2.75, 3.05) is 19.8 Å². The average Bonchev–Trinajstić information content (AvgIpc) is 2.29. The fourth-order valence-electron chi connectivity index (χ4n) is 1.97. The Labute approximate surface area is 104 Å². The molecule has 0 radical (unpaired) electrons. The van der Waals surface area contributed by atoms with Crippen LogP contribution in [0.1, 0.15) is 24.8 Å². The van der Waals surface area contributed by atoms with Gasteiger partial charge in [-0.2, -0.15) is 0 Å². The van der Waals surface area contributed by atoms with E-state index >= 15 is 0 Å². The second-order valence-electron chi connectivity index (χ2n) is 3.96. The number of hydrogen-bond acceptors (Lipinski definition) is 3. The molecule has 0 amide bonds. The Morgan fingerprint density at radius 2 is 2.12 bits per heavy atom. The zero-order valence-electron chi connectivity index (χ0n) is 9.33. The maximum Gasteiger partial charge on any atom is 0.165 e. The molecule has 2 N–H and O–H groups in total. The summed E-state index contributed by atoms with van der Waals surface area (Å²) in [6.07, 6.45) is 0.943. The Morgan fingerprint density at radius 1 is 1.38 bits per heavy atom. The lowest BCUT2D eigenvalue weighted by atomic mass is 9.96. The van der Waals surface area contributed by atoms with Gasteiger partial charge < -0.3 is 15.2 Å². The molecule has 0 fully saturated rings. The zero-order valence-corrected chi connectivity index (χ0v) is 10.9. The summed E-state index contributed by atoms with van der Waals surface area (Å²) >= 11 is 3.57. The van der Waals surface area contributed by atoms with Gasteiger partial charge in [-0.15, -0.1) is 0 Å². The lowest BCUT2D eigenvalue weighted by Crippen LogP contribution is -2.18. The summed E-state index contributed by atoms with van der Waals surface area (Å²) in [5.74, 6) is 2.09. The minimum atomic E-state index is 0.371. The van der Waals surface area contributed by atoms with Crippen molar-refractivity contribution in [3.63, 3.8) is 0 Å². The van der Waals surface area contributed by atoms with Crippen molar-refractivity contribution in [3.8, 4) is 11.5 Å². The third-order valence-corrected chi connectivity index (χ3v) is 3.48. The van der Waals surface area contributed by atoms with Crippen LogP contribution in [-0.2, 0) is 0 Å². The molecule has 1 atom stereocenters. The van der Waals surface area contributed by atoms with Gasteiger partial charge in [0.25, 0.3) is 0 Å². The summed E-state index contributed by atoms with van der Waals surface area (Å²) in [7, 11) is 0. The Kier molecular flexibility index (Phi) is 3.71. The van der Waals surface area contributed by atoms with Crippen LogP contribution in [-0.4, -0.2) is 19.8 Å². The molecule has 3 nitrogen and oxygen atoms in total. The lowest BCUT2D eigenvalue weighted by Gasteiger charge is -2.24. The summed E-state index contributed by atoms with van der Waals surface area (Å²) in [5.41, 5.74) is 6.77.